The van der Waals surface area contributed by atoms with E-state index in [1.165, 1.54) is 4.90 Å². The number of benzene rings is 1. The number of carbonyl (C=O) groups is 2. The highest BCUT2D eigenvalue weighted by Crippen LogP contribution is 2.07. The fourth-order valence-electron chi connectivity index (χ4n) is 2.15. The molecule has 1 aliphatic rings. The first kappa shape index (κ1) is 18.3. The summed E-state index contributed by atoms with van der Waals surface area (Å²) in [6.45, 7) is 2.43. The summed E-state index contributed by atoms with van der Waals surface area (Å²) in [4.78, 5) is 27.4. The van der Waals surface area contributed by atoms with E-state index in [4.69, 9.17) is 10.5 Å². The van der Waals surface area contributed by atoms with E-state index in [2.05, 4.69) is 0 Å². The molecule has 2 rings (SSSR count). The predicted octanol–water partition coefficient (Wildman–Crippen LogP) is 0.550. The van der Waals surface area contributed by atoms with Crippen molar-refractivity contribution >= 4 is 29.9 Å². The van der Waals surface area contributed by atoms with E-state index >= 15 is 0 Å². The van der Waals surface area contributed by atoms with Crippen LogP contribution in [0.4, 0.5) is 5.69 Å². The van der Waals surface area contributed by atoms with E-state index in [9.17, 15) is 9.59 Å². The van der Waals surface area contributed by atoms with Crippen LogP contribution in [0, 0.1) is 0 Å². The molecule has 1 saturated heterocycles. The Morgan fingerprint density at radius 1 is 1.23 bits per heavy atom. The molecule has 0 aliphatic carbocycles. The third kappa shape index (κ3) is 5.20. The Morgan fingerprint density at radius 3 is 2.41 bits per heavy atom. The largest absolute Gasteiger partial charge is 0.399 e. The van der Waals surface area contributed by atoms with Crippen molar-refractivity contribution in [1.82, 2.24) is 9.80 Å². The quantitative estimate of drug-likeness (QED) is 0.819. The lowest BCUT2D eigenvalue weighted by molar-refractivity contribution is -0.141. The Kier molecular flexibility index (Phi) is 7.14. The van der Waals surface area contributed by atoms with Crippen LogP contribution >= 0.6 is 12.4 Å². The van der Waals surface area contributed by atoms with Gasteiger partial charge in [0.25, 0.3) is 0 Å². The predicted molar refractivity (Wildman–Crippen MR) is 86.8 cm³/mol. The summed E-state index contributed by atoms with van der Waals surface area (Å²) < 4.78 is 5.21. The van der Waals surface area contributed by atoms with Gasteiger partial charge < -0.3 is 20.3 Å². The molecule has 0 bridgehead atoms. The zero-order valence-electron chi connectivity index (χ0n) is 12.7. The van der Waals surface area contributed by atoms with Crippen LogP contribution in [0.2, 0.25) is 0 Å². The molecular weight excluding hydrogens is 306 g/mol. The highest BCUT2D eigenvalue weighted by molar-refractivity contribution is 5.86. The highest BCUT2D eigenvalue weighted by atomic mass is 35.5. The van der Waals surface area contributed by atoms with Crippen LogP contribution in [-0.2, 0) is 20.7 Å². The molecule has 0 spiro atoms. The van der Waals surface area contributed by atoms with Crippen molar-refractivity contribution in [1.29, 1.82) is 0 Å². The minimum absolute atomic E-state index is 0. The number of nitrogen functional groups attached to an aromatic ring is 1. The number of anilines is 1. The number of morpholine rings is 1. The van der Waals surface area contributed by atoms with E-state index in [0.717, 1.165) is 5.56 Å². The maximum absolute atomic E-state index is 12.1. The Morgan fingerprint density at radius 2 is 1.82 bits per heavy atom. The highest BCUT2D eigenvalue weighted by Gasteiger charge is 2.20. The summed E-state index contributed by atoms with van der Waals surface area (Å²) in [6, 6.07) is 7.18. The van der Waals surface area contributed by atoms with Gasteiger partial charge in [-0.2, -0.15) is 0 Å². The summed E-state index contributed by atoms with van der Waals surface area (Å²) >= 11 is 0. The number of ether oxygens (including phenoxy) is 1. The number of carbonyl (C=O) groups excluding carboxylic acids is 2. The topological polar surface area (TPSA) is 75.9 Å². The van der Waals surface area contributed by atoms with Gasteiger partial charge in [-0.25, -0.2) is 0 Å². The molecular formula is C15H22ClN3O3. The normalized spacial score (nSPS) is 14.1. The van der Waals surface area contributed by atoms with Crippen molar-refractivity contribution in [3.63, 3.8) is 0 Å². The van der Waals surface area contributed by atoms with Gasteiger partial charge in [0.05, 0.1) is 26.2 Å². The number of nitrogens with two attached hydrogens (primary N) is 1. The minimum atomic E-state index is -0.0821. The zero-order chi connectivity index (χ0) is 15.2. The molecule has 1 aromatic rings. The maximum atomic E-state index is 12.1. The van der Waals surface area contributed by atoms with E-state index < -0.39 is 0 Å². The van der Waals surface area contributed by atoms with Gasteiger partial charge in [-0.3, -0.25) is 9.59 Å². The SMILES string of the molecule is CN(CC(=O)N1CCOCC1)C(=O)Cc1ccc(N)cc1.Cl. The van der Waals surface area contributed by atoms with E-state index in [-0.39, 0.29) is 37.2 Å². The third-order valence-corrected chi connectivity index (χ3v) is 3.50. The first-order valence-electron chi connectivity index (χ1n) is 7.00. The molecule has 1 fully saturated rings. The van der Waals surface area contributed by atoms with Gasteiger partial charge in [-0.05, 0) is 17.7 Å². The van der Waals surface area contributed by atoms with Gasteiger partial charge >= 0.3 is 0 Å². The zero-order valence-corrected chi connectivity index (χ0v) is 13.5. The summed E-state index contributed by atoms with van der Waals surface area (Å²) in [5.41, 5.74) is 7.17. The molecule has 7 heteroatoms. The summed E-state index contributed by atoms with van der Waals surface area (Å²) in [5.74, 6) is -0.118. The Labute approximate surface area is 136 Å². The average Bonchev–Trinajstić information content (AvgIpc) is 2.50. The maximum Gasteiger partial charge on any atom is 0.242 e. The molecule has 1 aromatic carbocycles. The van der Waals surface area contributed by atoms with Gasteiger partial charge in [0, 0.05) is 25.8 Å². The van der Waals surface area contributed by atoms with E-state index in [0.29, 0.717) is 32.0 Å². The molecule has 2 amide bonds. The van der Waals surface area contributed by atoms with Crippen molar-refractivity contribution < 1.29 is 14.3 Å². The van der Waals surface area contributed by atoms with Crippen LogP contribution in [0.15, 0.2) is 24.3 Å². The van der Waals surface area contributed by atoms with Crippen LogP contribution in [0.1, 0.15) is 5.56 Å². The number of amides is 2. The second-order valence-electron chi connectivity index (χ2n) is 5.16. The van der Waals surface area contributed by atoms with Crippen LogP contribution in [0.25, 0.3) is 0 Å². The van der Waals surface area contributed by atoms with Crippen LogP contribution in [0.3, 0.4) is 0 Å². The number of hydrogen-bond donors (Lipinski definition) is 1. The molecule has 2 N–H and O–H groups in total. The van der Waals surface area contributed by atoms with Gasteiger partial charge in [0.1, 0.15) is 0 Å². The smallest absolute Gasteiger partial charge is 0.242 e. The molecule has 1 aliphatic heterocycles. The Bertz CT molecular complexity index is 501. The van der Waals surface area contributed by atoms with Crippen LogP contribution < -0.4 is 5.73 Å². The molecule has 0 aromatic heterocycles. The van der Waals surface area contributed by atoms with Crippen LogP contribution in [0.5, 0.6) is 0 Å². The monoisotopic (exact) mass is 327 g/mol. The molecule has 0 atom stereocenters. The standard InChI is InChI=1S/C15H21N3O3.ClH/c1-17(11-15(20)18-6-8-21-9-7-18)14(19)10-12-2-4-13(16)5-3-12;/h2-5H,6-11,16H2,1H3;1H. The number of likely N-dealkylation sites (N-methyl/N-ethyl adjacent to an activating group) is 1. The molecule has 0 saturated carbocycles. The lowest BCUT2D eigenvalue weighted by atomic mass is 10.1. The third-order valence-electron chi connectivity index (χ3n) is 3.50. The van der Waals surface area contributed by atoms with Crippen molar-refractivity contribution in [2.45, 2.75) is 6.42 Å². The number of nitrogens with zero attached hydrogens (tertiary/aromatic N) is 2. The number of rotatable bonds is 4. The van der Waals surface area contributed by atoms with Gasteiger partial charge in [-0.1, -0.05) is 12.1 Å². The lowest BCUT2D eigenvalue weighted by Crippen LogP contribution is -2.46. The summed E-state index contributed by atoms with van der Waals surface area (Å²) in [7, 11) is 1.65. The van der Waals surface area contributed by atoms with Crippen LogP contribution in [-0.4, -0.2) is 61.5 Å². The number of halogens is 1. The van der Waals surface area contributed by atoms with E-state index in [1.807, 2.05) is 12.1 Å². The molecule has 6 nitrogen and oxygen atoms in total. The molecule has 0 unspecified atom stereocenters. The number of hydrogen-bond acceptors (Lipinski definition) is 4. The van der Waals surface area contributed by atoms with Gasteiger partial charge in [-0.15, -0.1) is 12.4 Å². The van der Waals surface area contributed by atoms with Crippen molar-refractivity contribution in [3.05, 3.63) is 29.8 Å². The Balaban J connectivity index is 0.00000242. The average molecular weight is 328 g/mol. The second-order valence-corrected chi connectivity index (χ2v) is 5.16. The molecule has 0 radical (unpaired) electrons. The second kappa shape index (κ2) is 8.60. The van der Waals surface area contributed by atoms with Gasteiger partial charge in [0.15, 0.2) is 0 Å². The lowest BCUT2D eigenvalue weighted by Gasteiger charge is -2.28. The van der Waals surface area contributed by atoms with Crippen molar-refractivity contribution in [2.24, 2.45) is 0 Å². The fraction of sp³-hybridized carbons (Fsp3) is 0.467. The minimum Gasteiger partial charge on any atom is -0.399 e. The molecule has 22 heavy (non-hydrogen) atoms. The summed E-state index contributed by atoms with van der Waals surface area (Å²) in [6.07, 6.45) is 0.271. The first-order chi connectivity index (χ1) is 10.1. The Hall–Kier alpha value is -1.79. The first-order valence-corrected chi connectivity index (χ1v) is 7.00. The molecule has 1 heterocycles. The van der Waals surface area contributed by atoms with Crippen molar-refractivity contribution in [3.8, 4) is 0 Å². The summed E-state index contributed by atoms with van der Waals surface area (Å²) in [5, 5.41) is 0. The van der Waals surface area contributed by atoms with Crippen molar-refractivity contribution in [2.75, 3.05) is 45.6 Å². The van der Waals surface area contributed by atoms with Gasteiger partial charge in [0.2, 0.25) is 11.8 Å². The van der Waals surface area contributed by atoms with E-state index in [1.54, 1.807) is 24.1 Å². The fourth-order valence-corrected chi connectivity index (χ4v) is 2.15. The molecule has 122 valence electrons.